The highest BCUT2D eigenvalue weighted by Crippen LogP contribution is 2.22. The van der Waals surface area contributed by atoms with E-state index in [1.807, 2.05) is 13.8 Å². The summed E-state index contributed by atoms with van der Waals surface area (Å²) in [5.41, 5.74) is 0.895. The van der Waals surface area contributed by atoms with Crippen molar-refractivity contribution in [3.63, 3.8) is 0 Å². The monoisotopic (exact) mass is 480 g/mol. The summed E-state index contributed by atoms with van der Waals surface area (Å²) in [6.07, 6.45) is -0.521. The van der Waals surface area contributed by atoms with E-state index in [0.29, 0.717) is 0 Å². The van der Waals surface area contributed by atoms with Crippen LogP contribution in [-0.4, -0.2) is 74.6 Å². The second kappa shape index (κ2) is 11.7. The van der Waals surface area contributed by atoms with Crippen molar-refractivity contribution >= 4 is 15.9 Å². The minimum atomic E-state index is -3.87. The molecule has 33 heavy (non-hydrogen) atoms. The summed E-state index contributed by atoms with van der Waals surface area (Å²) in [6.45, 7) is 5.18. The highest BCUT2D eigenvalue weighted by molar-refractivity contribution is 7.89. The molecule has 0 aliphatic heterocycles. The molecule has 0 aromatic heterocycles. The van der Waals surface area contributed by atoms with Crippen LogP contribution in [0.5, 0.6) is 0 Å². The lowest BCUT2D eigenvalue weighted by Crippen LogP contribution is -2.47. The summed E-state index contributed by atoms with van der Waals surface area (Å²) in [7, 11) is -0.842. The second-order valence-corrected chi connectivity index (χ2v) is 10.2. The number of amides is 1. The number of hydrogen-bond donors (Lipinski definition) is 1. The maximum absolute atomic E-state index is 14.0. The molecule has 182 valence electrons. The lowest BCUT2D eigenvalue weighted by atomic mass is 10.0. The Hall–Kier alpha value is -2.33. The Kier molecular flexibility index (Phi) is 9.54. The van der Waals surface area contributed by atoms with Gasteiger partial charge in [-0.2, -0.15) is 4.31 Å². The predicted molar refractivity (Wildman–Crippen MR) is 125 cm³/mol. The maximum Gasteiger partial charge on any atom is 0.256 e. The summed E-state index contributed by atoms with van der Waals surface area (Å²) in [5.74, 6) is -1.43. The third-order valence-corrected chi connectivity index (χ3v) is 7.69. The SMILES string of the molecule is CO[C@@H](CN(C)C(=O)c1ccccc1F)[C@@H](C)CN([C@H](C)CO)S(=O)(=O)c1ccc(C)cc1. The van der Waals surface area contributed by atoms with Gasteiger partial charge < -0.3 is 14.7 Å². The largest absolute Gasteiger partial charge is 0.395 e. The average Bonchev–Trinajstić information content (AvgIpc) is 2.80. The number of halogens is 1. The van der Waals surface area contributed by atoms with Crippen molar-refractivity contribution in [3.05, 3.63) is 65.5 Å². The van der Waals surface area contributed by atoms with Crippen molar-refractivity contribution in [1.82, 2.24) is 9.21 Å². The fourth-order valence-corrected chi connectivity index (χ4v) is 5.26. The molecule has 0 aliphatic carbocycles. The van der Waals surface area contributed by atoms with E-state index < -0.39 is 33.9 Å². The third kappa shape index (κ3) is 6.60. The van der Waals surface area contributed by atoms with Crippen molar-refractivity contribution in [1.29, 1.82) is 0 Å². The van der Waals surface area contributed by atoms with Gasteiger partial charge in [0.1, 0.15) is 5.82 Å². The van der Waals surface area contributed by atoms with Gasteiger partial charge in [0.25, 0.3) is 5.91 Å². The van der Waals surface area contributed by atoms with E-state index in [9.17, 15) is 22.7 Å². The van der Waals surface area contributed by atoms with E-state index in [0.717, 1.165) is 5.56 Å². The number of ether oxygens (including phenoxy) is 1. The lowest BCUT2D eigenvalue weighted by molar-refractivity contribution is 0.0220. The number of carbonyl (C=O) groups excluding carboxylic acids is 1. The first-order valence-corrected chi connectivity index (χ1v) is 12.2. The summed E-state index contributed by atoms with van der Waals surface area (Å²) in [4.78, 5) is 14.2. The number of aryl methyl sites for hydroxylation is 1. The molecule has 0 saturated heterocycles. The minimum Gasteiger partial charge on any atom is -0.395 e. The van der Waals surface area contributed by atoms with Crippen LogP contribution in [0.25, 0.3) is 0 Å². The molecule has 0 heterocycles. The van der Waals surface area contributed by atoms with E-state index >= 15 is 0 Å². The molecule has 7 nitrogen and oxygen atoms in total. The van der Waals surface area contributed by atoms with Crippen LogP contribution < -0.4 is 0 Å². The highest BCUT2D eigenvalue weighted by atomic mass is 32.2. The van der Waals surface area contributed by atoms with Gasteiger partial charge in [0, 0.05) is 33.3 Å². The quantitative estimate of drug-likeness (QED) is 0.534. The lowest BCUT2D eigenvalue weighted by Gasteiger charge is -2.33. The molecule has 0 saturated carbocycles. The van der Waals surface area contributed by atoms with Gasteiger partial charge in [0.05, 0.1) is 23.2 Å². The molecule has 1 amide bonds. The molecule has 9 heteroatoms. The number of nitrogens with zero attached hydrogens (tertiary/aromatic N) is 2. The van der Waals surface area contributed by atoms with Crippen LogP contribution in [0.2, 0.25) is 0 Å². The van der Waals surface area contributed by atoms with Crippen LogP contribution in [0.1, 0.15) is 29.8 Å². The van der Waals surface area contributed by atoms with Crippen LogP contribution in [0.4, 0.5) is 4.39 Å². The number of methoxy groups -OCH3 is 1. The standard InChI is InChI=1S/C24H33FN2O5S/c1-17-10-12-20(13-11-17)33(30,31)27(19(3)16-28)14-18(2)23(32-5)15-26(4)24(29)21-8-6-7-9-22(21)25/h6-13,18-19,23,28H,14-16H2,1-5H3/t18-,19+,23-/m0/s1. The summed E-state index contributed by atoms with van der Waals surface area (Å²) in [5, 5.41) is 9.71. The van der Waals surface area contributed by atoms with Gasteiger partial charge in [0.2, 0.25) is 10.0 Å². The van der Waals surface area contributed by atoms with Crippen LogP contribution in [0, 0.1) is 18.7 Å². The van der Waals surface area contributed by atoms with Gasteiger partial charge in [-0.15, -0.1) is 0 Å². The first kappa shape index (κ1) is 26.9. The predicted octanol–water partition coefficient (Wildman–Crippen LogP) is 2.93. The summed E-state index contributed by atoms with van der Waals surface area (Å²) < 4.78 is 47.5. The topological polar surface area (TPSA) is 87.2 Å². The molecule has 0 unspecified atom stereocenters. The van der Waals surface area contributed by atoms with Crippen molar-refractivity contribution < 1.29 is 27.4 Å². The molecular formula is C24H33FN2O5S. The minimum absolute atomic E-state index is 0.0417. The zero-order valence-corrected chi connectivity index (χ0v) is 20.5. The molecule has 2 aromatic carbocycles. The van der Waals surface area contributed by atoms with Crippen LogP contribution in [0.3, 0.4) is 0 Å². The van der Waals surface area contributed by atoms with Crippen molar-refractivity contribution in [2.75, 3.05) is 33.9 Å². The average molecular weight is 481 g/mol. The van der Waals surface area contributed by atoms with Crippen LogP contribution >= 0.6 is 0 Å². The fraction of sp³-hybridized carbons (Fsp3) is 0.458. The Morgan fingerprint density at radius 2 is 1.70 bits per heavy atom. The molecule has 0 fully saturated rings. The van der Waals surface area contributed by atoms with E-state index in [2.05, 4.69) is 0 Å². The summed E-state index contributed by atoms with van der Waals surface area (Å²) >= 11 is 0. The van der Waals surface area contributed by atoms with Crippen molar-refractivity contribution in [2.45, 2.75) is 37.8 Å². The molecule has 0 aliphatic rings. The Labute approximate surface area is 195 Å². The number of sulfonamides is 1. The normalized spacial score (nSPS) is 14.7. The molecule has 0 bridgehead atoms. The smallest absolute Gasteiger partial charge is 0.256 e. The van der Waals surface area contributed by atoms with Gasteiger partial charge in [-0.1, -0.05) is 36.8 Å². The van der Waals surface area contributed by atoms with Gasteiger partial charge in [0.15, 0.2) is 0 Å². The van der Waals surface area contributed by atoms with Gasteiger partial charge >= 0.3 is 0 Å². The molecule has 2 rings (SSSR count). The molecule has 0 radical (unpaired) electrons. The molecule has 2 aromatic rings. The second-order valence-electron chi connectivity index (χ2n) is 8.34. The number of benzene rings is 2. The number of likely N-dealkylation sites (N-methyl/N-ethyl adjacent to an activating group) is 1. The first-order chi connectivity index (χ1) is 15.5. The number of aliphatic hydroxyl groups is 1. The van der Waals surface area contributed by atoms with E-state index in [-0.39, 0.29) is 36.1 Å². The molecule has 1 N–H and O–H groups in total. The van der Waals surface area contributed by atoms with E-state index in [1.165, 1.54) is 34.5 Å². The number of aliphatic hydroxyl groups excluding tert-OH is 1. The molecule has 0 spiro atoms. The fourth-order valence-electron chi connectivity index (χ4n) is 3.53. The third-order valence-electron chi connectivity index (χ3n) is 5.69. The zero-order chi connectivity index (χ0) is 24.8. The van der Waals surface area contributed by atoms with E-state index in [4.69, 9.17) is 4.74 Å². The Balaban J connectivity index is 2.21. The van der Waals surface area contributed by atoms with Crippen LogP contribution in [-0.2, 0) is 14.8 Å². The Morgan fingerprint density at radius 1 is 1.09 bits per heavy atom. The van der Waals surface area contributed by atoms with Crippen molar-refractivity contribution in [2.24, 2.45) is 5.92 Å². The highest BCUT2D eigenvalue weighted by Gasteiger charge is 2.33. The number of carbonyl (C=O) groups is 1. The van der Waals surface area contributed by atoms with Gasteiger partial charge in [-0.25, -0.2) is 12.8 Å². The van der Waals surface area contributed by atoms with Gasteiger partial charge in [-0.3, -0.25) is 4.79 Å². The number of rotatable bonds is 11. The Bertz CT molecular complexity index is 1030. The molecule has 3 atom stereocenters. The van der Waals surface area contributed by atoms with E-state index in [1.54, 1.807) is 44.3 Å². The maximum atomic E-state index is 14.0. The molecular weight excluding hydrogens is 447 g/mol. The Morgan fingerprint density at radius 3 is 2.24 bits per heavy atom. The summed E-state index contributed by atoms with van der Waals surface area (Å²) in [6, 6.07) is 11.6. The zero-order valence-electron chi connectivity index (χ0n) is 19.7. The number of hydrogen-bond acceptors (Lipinski definition) is 5. The van der Waals surface area contributed by atoms with Crippen molar-refractivity contribution in [3.8, 4) is 0 Å². The van der Waals surface area contributed by atoms with Crippen LogP contribution in [0.15, 0.2) is 53.4 Å². The van der Waals surface area contributed by atoms with Gasteiger partial charge in [-0.05, 0) is 44.0 Å². The first-order valence-electron chi connectivity index (χ1n) is 10.7.